The molecule has 2 heterocycles. The molecule has 2 aromatic rings. The Hall–Kier alpha value is -2.23. The van der Waals surface area contributed by atoms with Gasteiger partial charge in [-0.1, -0.05) is 18.2 Å². The first-order valence-corrected chi connectivity index (χ1v) is 6.43. The first kappa shape index (κ1) is 11.8. The number of ether oxygens (including phenoxy) is 1. The monoisotopic (exact) mass is 255 g/mol. The molecule has 0 aliphatic carbocycles. The Morgan fingerprint density at radius 1 is 1.21 bits per heavy atom. The summed E-state index contributed by atoms with van der Waals surface area (Å²) in [5.74, 6) is 1.80. The Bertz CT molecular complexity index is 598. The highest BCUT2D eigenvalue weighted by Crippen LogP contribution is 2.28. The number of para-hydroxylation sites is 1. The van der Waals surface area contributed by atoms with E-state index in [2.05, 4.69) is 16.0 Å². The Balaban J connectivity index is 1.96. The maximum absolute atomic E-state index is 6.05. The Labute approximate surface area is 112 Å². The predicted octanol–water partition coefficient (Wildman–Crippen LogP) is 2.37. The third-order valence-electron chi connectivity index (χ3n) is 3.30. The smallest absolute Gasteiger partial charge is 0.152 e. The number of nitrogen functional groups attached to an aromatic ring is 1. The second-order valence-electron chi connectivity index (χ2n) is 4.74. The number of rotatable bonds is 1. The van der Waals surface area contributed by atoms with Gasteiger partial charge in [0.1, 0.15) is 12.4 Å². The number of aryl methyl sites for hydroxylation is 1. The van der Waals surface area contributed by atoms with Crippen LogP contribution in [0.5, 0.6) is 5.75 Å². The van der Waals surface area contributed by atoms with Crippen LogP contribution in [-0.2, 0) is 6.54 Å². The molecule has 0 spiro atoms. The number of hydrogen-bond donors (Lipinski definition) is 1. The minimum atomic E-state index is 0.645. The molecule has 19 heavy (non-hydrogen) atoms. The molecule has 1 aliphatic heterocycles. The summed E-state index contributed by atoms with van der Waals surface area (Å²) in [5, 5.41) is 0. The van der Waals surface area contributed by atoms with Gasteiger partial charge >= 0.3 is 0 Å². The van der Waals surface area contributed by atoms with Crippen LogP contribution >= 0.6 is 0 Å². The van der Waals surface area contributed by atoms with E-state index in [1.54, 1.807) is 0 Å². The van der Waals surface area contributed by atoms with E-state index in [9.17, 15) is 0 Å². The summed E-state index contributed by atoms with van der Waals surface area (Å²) in [5.41, 5.74) is 8.90. The van der Waals surface area contributed by atoms with Crippen LogP contribution in [0.2, 0.25) is 0 Å². The van der Waals surface area contributed by atoms with Crippen molar-refractivity contribution in [2.45, 2.75) is 13.5 Å². The van der Waals surface area contributed by atoms with Gasteiger partial charge < -0.3 is 15.4 Å². The number of hydrogen-bond acceptors (Lipinski definition) is 4. The lowest BCUT2D eigenvalue weighted by atomic mass is 10.2. The maximum atomic E-state index is 6.05. The molecule has 0 atom stereocenters. The van der Waals surface area contributed by atoms with E-state index in [-0.39, 0.29) is 0 Å². The average Bonchev–Trinajstić information content (AvgIpc) is 2.63. The summed E-state index contributed by atoms with van der Waals surface area (Å²) in [4.78, 5) is 6.73. The number of aromatic nitrogens is 1. The first-order valence-electron chi connectivity index (χ1n) is 6.43. The normalized spacial score (nSPS) is 14.5. The zero-order valence-electron chi connectivity index (χ0n) is 11.0. The molecule has 0 amide bonds. The third-order valence-corrected chi connectivity index (χ3v) is 3.30. The molecule has 0 fully saturated rings. The molecule has 0 saturated heterocycles. The summed E-state index contributed by atoms with van der Waals surface area (Å²) in [6, 6.07) is 12.0. The molecule has 3 rings (SSSR count). The third kappa shape index (κ3) is 2.34. The fraction of sp³-hybridized carbons (Fsp3) is 0.267. The second-order valence-corrected chi connectivity index (χ2v) is 4.74. The molecule has 0 radical (unpaired) electrons. The Morgan fingerprint density at radius 3 is 2.95 bits per heavy atom. The van der Waals surface area contributed by atoms with Gasteiger partial charge in [0.15, 0.2) is 5.82 Å². The quantitative estimate of drug-likeness (QED) is 0.850. The molecular weight excluding hydrogens is 238 g/mol. The lowest BCUT2D eigenvalue weighted by molar-refractivity contribution is 0.331. The molecule has 4 heteroatoms. The molecule has 1 aromatic carbocycles. The SMILES string of the molecule is Cc1ccc(N)c(N2CCOc3ccccc3C2)n1. The van der Waals surface area contributed by atoms with Crippen molar-refractivity contribution in [2.75, 3.05) is 23.8 Å². The van der Waals surface area contributed by atoms with E-state index in [1.165, 1.54) is 5.56 Å². The van der Waals surface area contributed by atoms with Crippen molar-refractivity contribution in [1.29, 1.82) is 0 Å². The molecule has 98 valence electrons. The van der Waals surface area contributed by atoms with Crippen LogP contribution in [0.15, 0.2) is 36.4 Å². The van der Waals surface area contributed by atoms with Crippen LogP contribution in [0.25, 0.3) is 0 Å². The fourth-order valence-electron chi connectivity index (χ4n) is 2.31. The molecule has 4 nitrogen and oxygen atoms in total. The van der Waals surface area contributed by atoms with Crippen molar-refractivity contribution in [1.82, 2.24) is 4.98 Å². The van der Waals surface area contributed by atoms with Gasteiger partial charge in [-0.25, -0.2) is 4.98 Å². The fourth-order valence-corrected chi connectivity index (χ4v) is 2.31. The van der Waals surface area contributed by atoms with Crippen molar-refractivity contribution in [3.05, 3.63) is 47.7 Å². The van der Waals surface area contributed by atoms with Crippen molar-refractivity contribution in [3.8, 4) is 5.75 Å². The lowest BCUT2D eigenvalue weighted by Crippen LogP contribution is -2.27. The van der Waals surface area contributed by atoms with Crippen molar-refractivity contribution < 1.29 is 4.74 Å². The summed E-state index contributed by atoms with van der Waals surface area (Å²) < 4.78 is 5.76. The van der Waals surface area contributed by atoms with Crippen LogP contribution in [-0.4, -0.2) is 18.1 Å². The molecule has 0 bridgehead atoms. The van der Waals surface area contributed by atoms with Gasteiger partial charge in [0.2, 0.25) is 0 Å². The highest BCUT2D eigenvalue weighted by Gasteiger charge is 2.18. The van der Waals surface area contributed by atoms with Crippen LogP contribution in [0.3, 0.4) is 0 Å². The second kappa shape index (κ2) is 4.80. The van der Waals surface area contributed by atoms with Crippen molar-refractivity contribution >= 4 is 11.5 Å². The summed E-state index contributed by atoms with van der Waals surface area (Å²) in [6.45, 7) is 4.18. The zero-order valence-corrected chi connectivity index (χ0v) is 11.0. The number of nitrogens with zero attached hydrogens (tertiary/aromatic N) is 2. The van der Waals surface area contributed by atoms with Crippen LogP contribution < -0.4 is 15.4 Å². The summed E-state index contributed by atoms with van der Waals surface area (Å²) >= 11 is 0. The Morgan fingerprint density at radius 2 is 2.05 bits per heavy atom. The largest absolute Gasteiger partial charge is 0.491 e. The molecule has 2 N–H and O–H groups in total. The first-order chi connectivity index (χ1) is 9.24. The topological polar surface area (TPSA) is 51.4 Å². The van der Waals surface area contributed by atoms with Crippen LogP contribution in [0, 0.1) is 6.92 Å². The van der Waals surface area contributed by atoms with E-state index in [0.717, 1.165) is 30.4 Å². The van der Waals surface area contributed by atoms with Gasteiger partial charge in [0.05, 0.1) is 12.2 Å². The number of fused-ring (bicyclic) bond motifs is 1. The van der Waals surface area contributed by atoms with E-state index >= 15 is 0 Å². The van der Waals surface area contributed by atoms with Gasteiger partial charge in [-0.2, -0.15) is 0 Å². The Kier molecular flexibility index (Phi) is 2.99. The molecule has 1 aliphatic rings. The minimum Gasteiger partial charge on any atom is -0.491 e. The van der Waals surface area contributed by atoms with Crippen LogP contribution in [0.1, 0.15) is 11.3 Å². The predicted molar refractivity (Wildman–Crippen MR) is 76.4 cm³/mol. The number of benzene rings is 1. The molecule has 0 unspecified atom stereocenters. The van der Waals surface area contributed by atoms with Gasteiger partial charge in [0.25, 0.3) is 0 Å². The van der Waals surface area contributed by atoms with E-state index in [4.69, 9.17) is 10.5 Å². The maximum Gasteiger partial charge on any atom is 0.152 e. The number of anilines is 2. The zero-order chi connectivity index (χ0) is 13.2. The standard InChI is InChI=1S/C15H17N3O/c1-11-6-7-13(16)15(17-11)18-8-9-19-14-5-3-2-4-12(14)10-18/h2-7H,8-10,16H2,1H3. The van der Waals surface area contributed by atoms with Crippen LogP contribution in [0.4, 0.5) is 11.5 Å². The van der Waals surface area contributed by atoms with Crippen molar-refractivity contribution in [3.63, 3.8) is 0 Å². The molecule has 0 saturated carbocycles. The van der Waals surface area contributed by atoms with Gasteiger partial charge in [-0.3, -0.25) is 0 Å². The highest BCUT2D eigenvalue weighted by molar-refractivity contribution is 5.63. The lowest BCUT2D eigenvalue weighted by Gasteiger charge is -2.22. The number of nitrogens with two attached hydrogens (primary N) is 1. The summed E-state index contributed by atoms with van der Waals surface area (Å²) in [7, 11) is 0. The number of pyridine rings is 1. The average molecular weight is 255 g/mol. The van der Waals surface area contributed by atoms with Gasteiger partial charge in [0, 0.05) is 17.8 Å². The highest BCUT2D eigenvalue weighted by atomic mass is 16.5. The summed E-state index contributed by atoms with van der Waals surface area (Å²) in [6.07, 6.45) is 0. The van der Waals surface area contributed by atoms with E-state index < -0.39 is 0 Å². The minimum absolute atomic E-state index is 0.645. The van der Waals surface area contributed by atoms with Gasteiger partial charge in [-0.15, -0.1) is 0 Å². The molecular formula is C15H17N3O. The van der Waals surface area contributed by atoms with E-state index in [0.29, 0.717) is 12.3 Å². The molecule has 1 aromatic heterocycles. The van der Waals surface area contributed by atoms with Crippen molar-refractivity contribution in [2.24, 2.45) is 0 Å². The van der Waals surface area contributed by atoms with E-state index in [1.807, 2.05) is 37.3 Å². The van der Waals surface area contributed by atoms with Gasteiger partial charge in [-0.05, 0) is 25.1 Å².